The molecule has 0 aliphatic carbocycles. The molecule has 166 valence electrons. The summed E-state index contributed by atoms with van der Waals surface area (Å²) in [6.07, 6.45) is 0.900. The number of hydrogen-bond donors (Lipinski definition) is 0. The molecule has 2 aromatic carbocycles. The third-order valence-electron chi connectivity index (χ3n) is 5.27. The lowest BCUT2D eigenvalue weighted by molar-refractivity contribution is 0.224. The maximum Gasteiger partial charge on any atom is 0.324 e. The van der Waals surface area contributed by atoms with Crippen LogP contribution in [-0.4, -0.2) is 58.1 Å². The van der Waals surface area contributed by atoms with Crippen molar-refractivity contribution in [3.05, 3.63) is 60.7 Å². The molecule has 1 aliphatic heterocycles. The smallest absolute Gasteiger partial charge is 0.324 e. The van der Waals surface area contributed by atoms with Crippen LogP contribution in [0, 0.1) is 0 Å². The minimum Gasteiger partial charge on any atom is -0.489 e. The number of benzene rings is 2. The first kappa shape index (κ1) is 20.6. The lowest BCUT2D eigenvalue weighted by atomic mass is 10.3. The molecule has 0 amide bonds. The molecule has 0 bridgehead atoms. The molecular weight excluding hydrogens is 420 g/mol. The van der Waals surface area contributed by atoms with Gasteiger partial charge in [0, 0.05) is 25.7 Å². The van der Waals surface area contributed by atoms with E-state index in [4.69, 9.17) is 9.26 Å². The number of aromatic nitrogens is 5. The standard InChI is InChI=1S/C23H22N8O2/c1-24-21-25-19(26-22(28-21)30(2)16-9-5-3-6-10-16)20-27-23(33-29-20)31-14-13-18(15-31)32-17-11-7-4-8-12-17/h3-12,18H,1,13-15H2,2H3. The molecule has 1 atom stereocenters. The van der Waals surface area contributed by atoms with Crippen molar-refractivity contribution >= 4 is 30.3 Å². The van der Waals surface area contributed by atoms with Crippen LogP contribution in [0.4, 0.5) is 23.6 Å². The van der Waals surface area contributed by atoms with E-state index in [0.29, 0.717) is 18.5 Å². The van der Waals surface area contributed by atoms with Gasteiger partial charge in [-0.2, -0.15) is 19.9 Å². The summed E-state index contributed by atoms with van der Waals surface area (Å²) in [6.45, 7) is 4.94. The van der Waals surface area contributed by atoms with Crippen molar-refractivity contribution < 1.29 is 9.26 Å². The first-order valence-electron chi connectivity index (χ1n) is 10.5. The van der Waals surface area contributed by atoms with Gasteiger partial charge in [-0.25, -0.2) is 4.99 Å². The maximum absolute atomic E-state index is 6.04. The van der Waals surface area contributed by atoms with E-state index in [1.54, 1.807) is 0 Å². The van der Waals surface area contributed by atoms with Crippen molar-refractivity contribution in [2.75, 3.05) is 29.9 Å². The first-order chi connectivity index (χ1) is 16.2. The molecule has 1 aliphatic rings. The van der Waals surface area contributed by atoms with Gasteiger partial charge in [0.15, 0.2) is 0 Å². The quantitative estimate of drug-likeness (QED) is 0.396. The summed E-state index contributed by atoms with van der Waals surface area (Å²) in [5, 5.41) is 4.09. The van der Waals surface area contributed by atoms with Crippen LogP contribution < -0.4 is 14.5 Å². The number of rotatable bonds is 7. The van der Waals surface area contributed by atoms with Crippen LogP contribution >= 0.6 is 0 Å². The van der Waals surface area contributed by atoms with E-state index in [-0.39, 0.29) is 23.7 Å². The molecule has 2 aromatic heterocycles. The third-order valence-corrected chi connectivity index (χ3v) is 5.27. The number of aliphatic imine (C=N–C) groups is 1. The van der Waals surface area contributed by atoms with Crippen LogP contribution in [0.25, 0.3) is 11.6 Å². The van der Waals surface area contributed by atoms with Gasteiger partial charge in [0.05, 0.1) is 6.54 Å². The van der Waals surface area contributed by atoms with E-state index in [1.165, 1.54) is 0 Å². The molecule has 1 saturated heterocycles. The number of hydrogen-bond acceptors (Lipinski definition) is 10. The molecule has 5 rings (SSSR count). The fourth-order valence-corrected chi connectivity index (χ4v) is 3.57. The monoisotopic (exact) mass is 442 g/mol. The highest BCUT2D eigenvalue weighted by atomic mass is 16.5. The second kappa shape index (κ2) is 9.03. The Bertz CT molecular complexity index is 1230. The molecule has 0 saturated carbocycles. The second-order valence-corrected chi connectivity index (χ2v) is 7.50. The Morgan fingerprint density at radius 2 is 1.76 bits per heavy atom. The number of nitrogens with zero attached hydrogens (tertiary/aromatic N) is 8. The molecule has 4 aromatic rings. The van der Waals surface area contributed by atoms with Gasteiger partial charge in [-0.3, -0.25) is 0 Å². The van der Waals surface area contributed by atoms with E-state index < -0.39 is 0 Å². The highest BCUT2D eigenvalue weighted by Gasteiger charge is 2.28. The van der Waals surface area contributed by atoms with Crippen LogP contribution in [0.15, 0.2) is 70.2 Å². The Hall–Kier alpha value is -4.34. The SMILES string of the molecule is C=Nc1nc(-c2noc(N3CCC(Oc4ccccc4)C3)n2)nc(N(C)c2ccccc2)n1. The molecule has 0 radical (unpaired) electrons. The lowest BCUT2D eigenvalue weighted by Gasteiger charge is -2.17. The van der Waals surface area contributed by atoms with Crippen molar-refractivity contribution in [2.45, 2.75) is 12.5 Å². The van der Waals surface area contributed by atoms with Crippen LogP contribution in [0.2, 0.25) is 0 Å². The number of para-hydroxylation sites is 2. The Labute approximate surface area is 190 Å². The molecule has 3 heterocycles. The summed E-state index contributed by atoms with van der Waals surface area (Å²) >= 11 is 0. The lowest BCUT2D eigenvalue weighted by Crippen LogP contribution is -2.24. The van der Waals surface area contributed by atoms with Crippen molar-refractivity contribution in [3.8, 4) is 17.4 Å². The third kappa shape index (κ3) is 4.49. The van der Waals surface area contributed by atoms with E-state index in [9.17, 15) is 0 Å². The van der Waals surface area contributed by atoms with E-state index in [1.807, 2.05) is 77.5 Å². The number of ether oxygens (including phenoxy) is 1. The molecule has 1 unspecified atom stereocenters. The van der Waals surface area contributed by atoms with Crippen molar-refractivity contribution in [1.82, 2.24) is 25.1 Å². The van der Waals surface area contributed by atoms with Crippen molar-refractivity contribution in [1.29, 1.82) is 0 Å². The molecule has 10 nitrogen and oxygen atoms in total. The highest BCUT2D eigenvalue weighted by molar-refractivity contribution is 5.59. The minimum atomic E-state index is 0.0441. The number of anilines is 3. The highest BCUT2D eigenvalue weighted by Crippen LogP contribution is 2.26. The fraction of sp³-hybridized carbons (Fsp3) is 0.217. The van der Waals surface area contributed by atoms with Crippen LogP contribution in [-0.2, 0) is 0 Å². The van der Waals surface area contributed by atoms with Crippen molar-refractivity contribution in [2.24, 2.45) is 4.99 Å². The maximum atomic E-state index is 6.04. The van der Waals surface area contributed by atoms with Gasteiger partial charge in [0.1, 0.15) is 11.9 Å². The Morgan fingerprint density at radius 3 is 2.52 bits per heavy atom. The van der Waals surface area contributed by atoms with Gasteiger partial charge < -0.3 is 19.1 Å². The molecule has 0 spiro atoms. The molecular formula is C23H22N8O2. The van der Waals surface area contributed by atoms with Crippen LogP contribution in [0.1, 0.15) is 6.42 Å². The molecule has 1 fully saturated rings. The molecule has 33 heavy (non-hydrogen) atoms. The largest absolute Gasteiger partial charge is 0.489 e. The molecule has 10 heteroatoms. The molecule has 0 N–H and O–H groups in total. The van der Waals surface area contributed by atoms with Crippen molar-refractivity contribution in [3.63, 3.8) is 0 Å². The summed E-state index contributed by atoms with van der Waals surface area (Å²) in [5.41, 5.74) is 0.917. The normalized spacial score (nSPS) is 15.4. The predicted molar refractivity (Wildman–Crippen MR) is 125 cm³/mol. The summed E-state index contributed by atoms with van der Waals surface area (Å²) in [5.74, 6) is 1.95. The van der Waals surface area contributed by atoms with Gasteiger partial charge in [-0.15, -0.1) is 0 Å². The zero-order valence-corrected chi connectivity index (χ0v) is 18.1. The summed E-state index contributed by atoms with van der Waals surface area (Å²) in [4.78, 5) is 25.4. The Balaban J connectivity index is 1.35. The average Bonchev–Trinajstić information content (AvgIpc) is 3.54. The zero-order valence-electron chi connectivity index (χ0n) is 18.1. The summed E-state index contributed by atoms with van der Waals surface area (Å²) in [7, 11) is 1.86. The second-order valence-electron chi connectivity index (χ2n) is 7.50. The van der Waals surface area contributed by atoms with Gasteiger partial charge in [0.25, 0.3) is 5.95 Å². The predicted octanol–water partition coefficient (Wildman–Crippen LogP) is 3.68. The summed E-state index contributed by atoms with van der Waals surface area (Å²) in [6, 6.07) is 19.9. The summed E-state index contributed by atoms with van der Waals surface area (Å²) < 4.78 is 11.6. The van der Waals surface area contributed by atoms with Gasteiger partial charge in [-0.1, -0.05) is 41.6 Å². The zero-order chi connectivity index (χ0) is 22.6. The van der Waals surface area contributed by atoms with Gasteiger partial charge in [-0.05, 0) is 31.0 Å². The topological polar surface area (TPSA) is 106 Å². The first-order valence-corrected chi connectivity index (χ1v) is 10.5. The van der Waals surface area contributed by atoms with Gasteiger partial charge in [0.2, 0.25) is 17.6 Å². The van der Waals surface area contributed by atoms with E-state index in [2.05, 4.69) is 36.8 Å². The van der Waals surface area contributed by atoms with E-state index in [0.717, 1.165) is 24.4 Å². The Morgan fingerprint density at radius 1 is 1.00 bits per heavy atom. The fourth-order valence-electron chi connectivity index (χ4n) is 3.57. The minimum absolute atomic E-state index is 0.0441. The van der Waals surface area contributed by atoms with E-state index >= 15 is 0 Å². The average molecular weight is 442 g/mol. The van der Waals surface area contributed by atoms with Gasteiger partial charge >= 0.3 is 6.01 Å². The van der Waals surface area contributed by atoms with Crippen LogP contribution in [0.3, 0.4) is 0 Å². The Kier molecular flexibility index (Phi) is 5.62. The van der Waals surface area contributed by atoms with Crippen LogP contribution in [0.5, 0.6) is 5.75 Å².